The number of nitrogens with zero attached hydrogens (tertiary/aromatic N) is 3. The van der Waals surface area contributed by atoms with Gasteiger partial charge in [-0.1, -0.05) is 35.2 Å². The van der Waals surface area contributed by atoms with Crippen LogP contribution in [0.4, 0.5) is 10.5 Å². The molecule has 12 nitrogen and oxygen atoms in total. The maximum atomic E-state index is 12.8. The van der Waals surface area contributed by atoms with Gasteiger partial charge in [-0.15, -0.1) is 22.0 Å². The number of hydrogen-bond donors (Lipinski definition) is 4. The molecular weight excluding hydrogens is 537 g/mol. The number of carboxylic acids is 1. The maximum absolute atomic E-state index is 12.8. The predicted octanol–water partition coefficient (Wildman–Crippen LogP) is -3.46. The molecule has 0 aliphatic carbocycles. The van der Waals surface area contributed by atoms with E-state index < -0.39 is 41.3 Å². The van der Waals surface area contributed by atoms with E-state index in [1.54, 1.807) is 24.3 Å². The number of aliphatic carboxylic acids is 1. The number of nitrogens with two attached hydrogens (primary N) is 2. The van der Waals surface area contributed by atoms with Gasteiger partial charge in [0.25, 0.3) is 5.91 Å². The van der Waals surface area contributed by atoms with E-state index in [1.165, 1.54) is 34.9 Å². The van der Waals surface area contributed by atoms with E-state index >= 15 is 0 Å². The summed E-state index contributed by atoms with van der Waals surface area (Å²) < 4.78 is 0.701. The molecule has 184 valence electrons. The third-order valence-electron chi connectivity index (χ3n) is 5.24. The largest absolute Gasteiger partial charge is 1.00 e. The van der Waals surface area contributed by atoms with Gasteiger partial charge in [0.2, 0.25) is 5.91 Å². The molecule has 3 atom stereocenters. The molecular formula is C20H20N7NaO5S3. The summed E-state index contributed by atoms with van der Waals surface area (Å²) in [7, 11) is 0. The van der Waals surface area contributed by atoms with Crippen molar-refractivity contribution < 1.29 is 53.8 Å². The summed E-state index contributed by atoms with van der Waals surface area (Å²) in [5.74, 6) is -1.90. The number of rotatable bonds is 8. The van der Waals surface area contributed by atoms with Crippen molar-refractivity contribution in [1.82, 2.24) is 20.4 Å². The molecule has 0 saturated carbocycles. The summed E-state index contributed by atoms with van der Waals surface area (Å²) in [6, 6.07) is 3.48. The molecule has 16 heteroatoms. The third kappa shape index (κ3) is 6.04. The number of fused-ring (bicyclic) bond motifs is 1. The van der Waals surface area contributed by atoms with Crippen molar-refractivity contribution in [2.45, 2.75) is 28.7 Å². The van der Waals surface area contributed by atoms with E-state index in [2.05, 4.69) is 20.8 Å². The number of carboxylic acid groups (broad SMARTS) is 1. The summed E-state index contributed by atoms with van der Waals surface area (Å²) in [5.41, 5.74) is 12.4. The second-order valence-corrected chi connectivity index (χ2v) is 11.1. The minimum absolute atomic E-state index is 0. The number of β-lactam (4-membered cyclic amide) rings is 1. The average Bonchev–Trinajstić information content (AvgIpc) is 3.24. The SMILES string of the molecule is Cc1nnc(SCC2=C(C(=O)[O-])N3C(=O)C(NC(=O)C(N)c4ccc(NC(N)=O)cc4)[C@H]3SC2)s1.[Na+]. The van der Waals surface area contributed by atoms with Crippen molar-refractivity contribution in [3.05, 3.63) is 46.1 Å². The Labute approximate surface area is 240 Å². The van der Waals surface area contributed by atoms with Crippen LogP contribution in [0.15, 0.2) is 39.9 Å². The summed E-state index contributed by atoms with van der Waals surface area (Å²) >= 11 is 4.09. The van der Waals surface area contributed by atoms with E-state index in [9.17, 15) is 24.3 Å². The van der Waals surface area contributed by atoms with Crippen molar-refractivity contribution in [3.63, 3.8) is 0 Å². The van der Waals surface area contributed by atoms with Gasteiger partial charge in [0.1, 0.15) is 22.5 Å². The normalized spacial score (nSPS) is 19.5. The fraction of sp³-hybridized carbons (Fsp3) is 0.300. The molecule has 1 aromatic carbocycles. The Hall–Kier alpha value is -2.14. The van der Waals surface area contributed by atoms with Crippen LogP contribution in [-0.2, 0) is 14.4 Å². The second-order valence-electron chi connectivity index (χ2n) is 7.60. The number of amides is 4. The molecule has 2 aromatic rings. The minimum Gasteiger partial charge on any atom is -0.543 e. The molecule has 1 fully saturated rings. The standard InChI is InChI=1S/C20H21N7O5S3.Na/c1-8-25-26-20(35-8)34-7-10-6-33-17-13(16(29)27(17)14(10)18(30)31)24-15(28)12(21)9-2-4-11(5-3-9)23-19(22)32;/h2-5,12-13,17H,6-7,21H2,1H3,(H,24,28)(H,30,31)(H3,22,23,32);/q;+1/p-1/t12?,13?,17-;/m1./s1. The van der Waals surface area contributed by atoms with Crippen molar-refractivity contribution in [1.29, 1.82) is 0 Å². The van der Waals surface area contributed by atoms with Gasteiger partial charge in [-0.05, 0) is 30.2 Å². The zero-order chi connectivity index (χ0) is 25.3. The summed E-state index contributed by atoms with van der Waals surface area (Å²) in [5, 5.41) is 25.1. The Morgan fingerprint density at radius 1 is 1.28 bits per heavy atom. The van der Waals surface area contributed by atoms with Gasteiger partial charge >= 0.3 is 35.6 Å². The molecule has 6 N–H and O–H groups in total. The number of aromatic nitrogens is 2. The first kappa shape index (κ1) is 28.4. The van der Waals surface area contributed by atoms with Crippen LogP contribution in [0.1, 0.15) is 16.6 Å². The Morgan fingerprint density at radius 3 is 2.56 bits per heavy atom. The van der Waals surface area contributed by atoms with Gasteiger partial charge < -0.3 is 32.0 Å². The van der Waals surface area contributed by atoms with Crippen LogP contribution in [0.5, 0.6) is 0 Å². The Balaban J connectivity index is 0.00000361. The summed E-state index contributed by atoms with van der Waals surface area (Å²) in [4.78, 5) is 49.5. The van der Waals surface area contributed by atoms with E-state index in [1.807, 2.05) is 6.92 Å². The molecule has 2 aliphatic heterocycles. The summed E-state index contributed by atoms with van der Waals surface area (Å²) in [6.07, 6.45) is 0. The molecule has 0 radical (unpaired) electrons. The van der Waals surface area contributed by atoms with Gasteiger partial charge in [0.15, 0.2) is 4.34 Å². The first-order valence-electron chi connectivity index (χ1n) is 10.2. The van der Waals surface area contributed by atoms with Gasteiger partial charge in [-0.3, -0.25) is 14.5 Å². The second kappa shape index (κ2) is 11.9. The van der Waals surface area contributed by atoms with Gasteiger partial charge in [-0.2, -0.15) is 0 Å². The molecule has 2 aliphatic rings. The van der Waals surface area contributed by atoms with Crippen LogP contribution in [0.2, 0.25) is 0 Å². The zero-order valence-electron chi connectivity index (χ0n) is 19.2. The number of benzene rings is 1. The summed E-state index contributed by atoms with van der Waals surface area (Å²) in [6.45, 7) is 1.82. The third-order valence-corrected chi connectivity index (χ3v) is 8.63. The number of primary amides is 1. The van der Waals surface area contributed by atoms with E-state index in [4.69, 9.17) is 11.5 Å². The topological polar surface area (TPSA) is 196 Å². The molecule has 3 heterocycles. The van der Waals surface area contributed by atoms with Gasteiger partial charge in [0.05, 0.1) is 11.7 Å². The number of carbonyl (C=O) groups is 4. The molecule has 2 unspecified atom stereocenters. The fourth-order valence-electron chi connectivity index (χ4n) is 3.58. The number of carbonyl (C=O) groups excluding carboxylic acids is 4. The monoisotopic (exact) mass is 557 g/mol. The number of hydrogen-bond acceptors (Lipinski definition) is 11. The smallest absolute Gasteiger partial charge is 0.543 e. The van der Waals surface area contributed by atoms with Gasteiger partial charge in [-0.25, -0.2) is 4.79 Å². The van der Waals surface area contributed by atoms with Gasteiger partial charge in [0, 0.05) is 17.2 Å². The first-order valence-corrected chi connectivity index (χ1v) is 13.0. The number of aryl methyl sites for hydroxylation is 1. The van der Waals surface area contributed by atoms with E-state index in [-0.39, 0.29) is 35.3 Å². The molecule has 4 amide bonds. The van der Waals surface area contributed by atoms with Crippen LogP contribution >= 0.6 is 34.9 Å². The number of nitrogens with one attached hydrogen (secondary N) is 2. The number of thioether (sulfide) groups is 2. The maximum Gasteiger partial charge on any atom is 1.00 e. The molecule has 0 bridgehead atoms. The average molecular weight is 558 g/mol. The molecule has 36 heavy (non-hydrogen) atoms. The van der Waals surface area contributed by atoms with Crippen molar-refractivity contribution in [2.75, 3.05) is 16.8 Å². The number of anilines is 1. The first-order chi connectivity index (χ1) is 16.7. The molecule has 1 aromatic heterocycles. The number of urea groups is 1. The Morgan fingerprint density at radius 2 is 1.97 bits per heavy atom. The Bertz CT molecular complexity index is 1220. The van der Waals surface area contributed by atoms with E-state index in [0.717, 1.165) is 9.91 Å². The van der Waals surface area contributed by atoms with Crippen LogP contribution in [-0.4, -0.2) is 61.8 Å². The van der Waals surface area contributed by atoms with Crippen molar-refractivity contribution in [3.8, 4) is 0 Å². The Kier molecular flexibility index (Phi) is 9.43. The molecule has 4 rings (SSSR count). The fourth-order valence-corrected chi connectivity index (χ4v) is 6.88. The van der Waals surface area contributed by atoms with Crippen molar-refractivity contribution >= 4 is 64.4 Å². The zero-order valence-corrected chi connectivity index (χ0v) is 23.7. The van der Waals surface area contributed by atoms with Crippen LogP contribution < -0.4 is 56.8 Å². The predicted molar refractivity (Wildman–Crippen MR) is 129 cm³/mol. The minimum atomic E-state index is -1.45. The molecule has 0 spiro atoms. The quantitative estimate of drug-likeness (QED) is 0.144. The van der Waals surface area contributed by atoms with Crippen LogP contribution in [0.3, 0.4) is 0 Å². The van der Waals surface area contributed by atoms with E-state index in [0.29, 0.717) is 32.7 Å². The molecule has 1 saturated heterocycles. The van der Waals surface area contributed by atoms with Crippen LogP contribution in [0.25, 0.3) is 0 Å². The van der Waals surface area contributed by atoms with Crippen LogP contribution in [0, 0.1) is 6.92 Å². The van der Waals surface area contributed by atoms with Crippen molar-refractivity contribution in [2.24, 2.45) is 11.5 Å².